The fourth-order valence-corrected chi connectivity index (χ4v) is 2.52. The number of alkyl halides is 2. The van der Waals surface area contributed by atoms with Crippen LogP contribution in [0.5, 0.6) is 11.5 Å². The summed E-state index contributed by atoms with van der Waals surface area (Å²) in [6, 6.07) is 9.00. The number of nitrogens with one attached hydrogen (secondary N) is 2. The molecule has 1 aliphatic heterocycles. The Balaban J connectivity index is 1.79. The number of hydrogen-bond acceptors (Lipinski definition) is 4. The van der Waals surface area contributed by atoms with Crippen LogP contribution in [0.1, 0.15) is 15.9 Å². The summed E-state index contributed by atoms with van der Waals surface area (Å²) in [4.78, 5) is 23.7. The lowest BCUT2D eigenvalue weighted by molar-refractivity contribution is -0.115. The summed E-state index contributed by atoms with van der Waals surface area (Å²) in [5.41, 5.74) is 2.11. The van der Waals surface area contributed by atoms with Crippen LogP contribution < -0.4 is 20.1 Å². The third kappa shape index (κ3) is 3.68. The van der Waals surface area contributed by atoms with E-state index in [2.05, 4.69) is 15.4 Å². The van der Waals surface area contributed by atoms with Crippen LogP contribution in [0.2, 0.25) is 0 Å². The third-order valence-electron chi connectivity index (χ3n) is 3.63. The Bertz CT molecular complexity index is 839. The maximum atomic E-state index is 12.5. The molecule has 0 atom stereocenters. The van der Waals surface area contributed by atoms with Gasteiger partial charge in [-0.05, 0) is 42.0 Å². The molecule has 0 unspecified atom stereocenters. The largest absolute Gasteiger partial charge is 0.493 e. The van der Waals surface area contributed by atoms with E-state index in [9.17, 15) is 18.4 Å². The number of rotatable bonds is 5. The van der Waals surface area contributed by atoms with Gasteiger partial charge in [-0.25, -0.2) is 0 Å². The summed E-state index contributed by atoms with van der Waals surface area (Å²) in [6.45, 7) is -3.03. The number of anilines is 2. The number of halogens is 2. The minimum Gasteiger partial charge on any atom is -0.493 e. The Morgan fingerprint density at radius 1 is 1.20 bits per heavy atom. The molecule has 3 rings (SSSR count). The van der Waals surface area contributed by atoms with Crippen molar-refractivity contribution >= 4 is 23.2 Å². The fourth-order valence-electron chi connectivity index (χ4n) is 2.52. The van der Waals surface area contributed by atoms with Crippen molar-refractivity contribution < 1.29 is 27.8 Å². The van der Waals surface area contributed by atoms with Crippen molar-refractivity contribution in [3.05, 3.63) is 47.5 Å². The number of hydrogen-bond donors (Lipinski definition) is 2. The summed E-state index contributed by atoms with van der Waals surface area (Å²) < 4.78 is 34.2. The van der Waals surface area contributed by atoms with Gasteiger partial charge in [-0.15, -0.1) is 0 Å². The van der Waals surface area contributed by atoms with Gasteiger partial charge in [-0.1, -0.05) is 0 Å². The molecule has 1 heterocycles. The number of carbonyl (C=O) groups excluding carboxylic acids is 2. The monoisotopic (exact) mass is 348 g/mol. The van der Waals surface area contributed by atoms with Gasteiger partial charge in [0.25, 0.3) is 5.91 Å². The molecule has 2 N–H and O–H groups in total. The summed E-state index contributed by atoms with van der Waals surface area (Å²) in [5, 5.41) is 5.35. The van der Waals surface area contributed by atoms with E-state index in [-0.39, 0.29) is 29.4 Å². The second-order valence-electron chi connectivity index (χ2n) is 5.30. The van der Waals surface area contributed by atoms with Crippen molar-refractivity contribution in [1.82, 2.24) is 0 Å². The zero-order valence-corrected chi connectivity index (χ0v) is 13.1. The molecule has 2 aromatic rings. The molecule has 0 saturated heterocycles. The van der Waals surface area contributed by atoms with Crippen LogP contribution in [0.4, 0.5) is 20.2 Å². The minimum atomic E-state index is -3.03. The van der Waals surface area contributed by atoms with Gasteiger partial charge in [0.15, 0.2) is 11.5 Å². The van der Waals surface area contributed by atoms with Crippen molar-refractivity contribution in [2.45, 2.75) is 13.0 Å². The Morgan fingerprint density at radius 2 is 2.00 bits per heavy atom. The molecule has 1 aliphatic rings. The van der Waals surface area contributed by atoms with Gasteiger partial charge in [-0.3, -0.25) is 9.59 Å². The van der Waals surface area contributed by atoms with Gasteiger partial charge in [0.1, 0.15) is 0 Å². The fraction of sp³-hybridized carbons (Fsp3) is 0.176. The summed E-state index contributed by atoms with van der Waals surface area (Å²) >= 11 is 0. The molecular weight excluding hydrogens is 334 g/mol. The number of benzene rings is 2. The Labute approximate surface area is 141 Å². The molecule has 8 heteroatoms. The molecule has 0 bridgehead atoms. The average Bonchev–Trinajstić information content (AvgIpc) is 2.93. The number of methoxy groups -OCH3 is 1. The predicted molar refractivity (Wildman–Crippen MR) is 86.4 cm³/mol. The summed E-state index contributed by atoms with van der Waals surface area (Å²) in [6.07, 6.45) is 0.244. The zero-order chi connectivity index (χ0) is 18.0. The molecule has 25 heavy (non-hydrogen) atoms. The normalized spacial score (nSPS) is 12.6. The average molecular weight is 348 g/mol. The van der Waals surface area contributed by atoms with E-state index < -0.39 is 12.5 Å². The maximum absolute atomic E-state index is 12.5. The number of fused-ring (bicyclic) bond motifs is 1. The first-order chi connectivity index (χ1) is 12.0. The second-order valence-corrected chi connectivity index (χ2v) is 5.30. The second kappa shape index (κ2) is 6.76. The predicted octanol–water partition coefficient (Wildman–Crippen LogP) is 3.04. The molecule has 0 aromatic heterocycles. The van der Waals surface area contributed by atoms with Crippen molar-refractivity contribution in [1.29, 1.82) is 0 Å². The van der Waals surface area contributed by atoms with Gasteiger partial charge in [-0.2, -0.15) is 8.78 Å². The molecule has 0 radical (unpaired) electrons. The van der Waals surface area contributed by atoms with Crippen LogP contribution in [0.15, 0.2) is 36.4 Å². The Kier molecular flexibility index (Phi) is 4.51. The molecular formula is C17H14F2N2O4. The highest BCUT2D eigenvalue weighted by atomic mass is 19.3. The maximum Gasteiger partial charge on any atom is 0.387 e. The molecule has 6 nitrogen and oxygen atoms in total. The smallest absolute Gasteiger partial charge is 0.387 e. The topological polar surface area (TPSA) is 76.7 Å². The van der Waals surface area contributed by atoms with Crippen LogP contribution >= 0.6 is 0 Å². The summed E-state index contributed by atoms with van der Waals surface area (Å²) in [7, 11) is 1.31. The van der Waals surface area contributed by atoms with Gasteiger partial charge < -0.3 is 20.1 Å². The van der Waals surface area contributed by atoms with Crippen LogP contribution in [-0.4, -0.2) is 25.5 Å². The lowest BCUT2D eigenvalue weighted by Crippen LogP contribution is -2.13. The minimum absolute atomic E-state index is 0.0963. The molecule has 2 aromatic carbocycles. The van der Waals surface area contributed by atoms with Gasteiger partial charge >= 0.3 is 6.61 Å². The first-order valence-corrected chi connectivity index (χ1v) is 7.33. The highest BCUT2D eigenvalue weighted by Gasteiger charge is 2.19. The van der Waals surface area contributed by atoms with Crippen LogP contribution in [-0.2, 0) is 11.2 Å². The number of carbonyl (C=O) groups is 2. The van der Waals surface area contributed by atoms with Crippen molar-refractivity contribution in [3.8, 4) is 11.5 Å². The Morgan fingerprint density at radius 3 is 2.72 bits per heavy atom. The SMILES string of the molecule is COc1ccc(C(=O)Nc2ccc3c(c2)CC(=O)N3)cc1OC(F)F. The van der Waals surface area contributed by atoms with Gasteiger partial charge in [0.2, 0.25) is 5.91 Å². The van der Waals surface area contributed by atoms with E-state index in [0.717, 1.165) is 5.56 Å². The molecule has 0 fully saturated rings. The van der Waals surface area contributed by atoms with Crippen LogP contribution in [0.25, 0.3) is 0 Å². The van der Waals surface area contributed by atoms with E-state index in [0.29, 0.717) is 11.4 Å². The van der Waals surface area contributed by atoms with E-state index >= 15 is 0 Å². The molecule has 130 valence electrons. The van der Waals surface area contributed by atoms with Crippen LogP contribution in [0.3, 0.4) is 0 Å². The van der Waals surface area contributed by atoms with E-state index in [1.165, 1.54) is 25.3 Å². The highest BCUT2D eigenvalue weighted by Crippen LogP contribution is 2.30. The zero-order valence-electron chi connectivity index (χ0n) is 13.1. The molecule has 0 spiro atoms. The van der Waals surface area contributed by atoms with Crippen LogP contribution in [0, 0.1) is 0 Å². The molecule has 0 aliphatic carbocycles. The highest BCUT2D eigenvalue weighted by molar-refractivity contribution is 6.05. The van der Waals surface area contributed by atoms with Crippen molar-refractivity contribution in [3.63, 3.8) is 0 Å². The van der Waals surface area contributed by atoms with Gasteiger partial charge in [0.05, 0.1) is 13.5 Å². The lowest BCUT2D eigenvalue weighted by Gasteiger charge is -2.12. The van der Waals surface area contributed by atoms with Crippen molar-refractivity contribution in [2.24, 2.45) is 0 Å². The molecule has 0 saturated carbocycles. The lowest BCUT2D eigenvalue weighted by atomic mass is 10.1. The number of ether oxygens (including phenoxy) is 2. The third-order valence-corrected chi connectivity index (χ3v) is 3.63. The first-order valence-electron chi connectivity index (χ1n) is 7.33. The van der Waals surface area contributed by atoms with E-state index in [4.69, 9.17) is 4.74 Å². The first kappa shape index (κ1) is 16.7. The quantitative estimate of drug-likeness (QED) is 0.871. The standard InChI is InChI=1S/C17H14F2N2O4/c1-24-13-5-2-9(7-14(13)25-17(18)19)16(23)20-11-3-4-12-10(6-11)8-15(22)21-12/h2-7,17H,8H2,1H3,(H,20,23)(H,21,22). The molecule has 2 amide bonds. The Hall–Kier alpha value is -3.16. The van der Waals surface area contributed by atoms with Crippen molar-refractivity contribution in [2.75, 3.05) is 17.7 Å². The van der Waals surface area contributed by atoms with E-state index in [1.807, 2.05) is 0 Å². The van der Waals surface area contributed by atoms with E-state index in [1.54, 1.807) is 18.2 Å². The van der Waals surface area contributed by atoms with Gasteiger partial charge in [0, 0.05) is 16.9 Å². The summed E-state index contributed by atoms with van der Waals surface area (Å²) in [5.74, 6) is -0.741. The number of amides is 2.